The fourth-order valence-corrected chi connectivity index (χ4v) is 2.70. The maximum Gasteiger partial charge on any atom is 0.276 e. The summed E-state index contributed by atoms with van der Waals surface area (Å²) in [6.07, 6.45) is 0. The van der Waals surface area contributed by atoms with Gasteiger partial charge in [-0.2, -0.15) is 15.2 Å². The smallest absolute Gasteiger partial charge is 0.276 e. The van der Waals surface area contributed by atoms with Crippen molar-refractivity contribution < 1.29 is 4.79 Å². The monoisotopic (exact) mass is 342 g/mol. The predicted molar refractivity (Wildman–Crippen MR) is 93.4 cm³/mol. The molecule has 0 spiro atoms. The summed E-state index contributed by atoms with van der Waals surface area (Å²) < 4.78 is 1.92. The van der Waals surface area contributed by atoms with E-state index in [1.807, 2.05) is 39.3 Å². The molecule has 132 valence electrons. The summed E-state index contributed by atoms with van der Waals surface area (Å²) in [7, 11) is 0. The highest BCUT2D eigenvalue weighted by Gasteiger charge is 2.18. The molecule has 3 N–H and O–H groups in total. The fourth-order valence-electron chi connectivity index (χ4n) is 2.70. The molecule has 3 aromatic heterocycles. The lowest BCUT2D eigenvalue weighted by Gasteiger charge is -1.99. The van der Waals surface area contributed by atoms with Crippen LogP contribution in [0.5, 0.6) is 0 Å². The van der Waals surface area contributed by atoms with Gasteiger partial charge in [0.1, 0.15) is 11.5 Å². The van der Waals surface area contributed by atoms with Crippen LogP contribution in [0.2, 0.25) is 0 Å². The van der Waals surface area contributed by atoms with Gasteiger partial charge in [0.15, 0.2) is 0 Å². The number of hydrogen-bond donors (Lipinski definition) is 3. The molecule has 0 aliphatic heterocycles. The molecule has 9 nitrogen and oxygen atoms in total. The second-order valence-electron chi connectivity index (χ2n) is 6.18. The predicted octanol–water partition coefficient (Wildman–Crippen LogP) is 2.40. The quantitative estimate of drug-likeness (QED) is 0.658. The molecule has 0 aliphatic carbocycles. The summed E-state index contributed by atoms with van der Waals surface area (Å²) in [5.74, 6) is 0.832. The van der Waals surface area contributed by atoms with Gasteiger partial charge in [-0.25, -0.2) is 0 Å². The van der Waals surface area contributed by atoms with E-state index in [4.69, 9.17) is 0 Å². The first-order chi connectivity index (χ1) is 11.9. The standard InChI is InChI=1S/C16H22N8O/c1-6-24-10(5)13(9(4)23-24)11-7-12(20-19-11)15(25)18-16-17-14(8(2)3)21-22-16/h7-8H,6H2,1-5H3,(H,19,20)(H2,17,18,21,22,25). The van der Waals surface area contributed by atoms with Crippen molar-refractivity contribution in [1.29, 1.82) is 0 Å². The lowest BCUT2D eigenvalue weighted by Crippen LogP contribution is -2.13. The second-order valence-corrected chi connectivity index (χ2v) is 6.18. The molecular formula is C16H22N8O. The Kier molecular flexibility index (Phi) is 4.39. The number of aromatic nitrogens is 7. The minimum atomic E-state index is -0.341. The minimum absolute atomic E-state index is 0.206. The maximum absolute atomic E-state index is 12.4. The number of aromatic amines is 2. The molecule has 0 fully saturated rings. The first-order valence-corrected chi connectivity index (χ1v) is 8.24. The van der Waals surface area contributed by atoms with Crippen LogP contribution in [0.25, 0.3) is 11.3 Å². The summed E-state index contributed by atoms with van der Waals surface area (Å²) in [4.78, 5) is 16.6. The van der Waals surface area contributed by atoms with E-state index in [0.29, 0.717) is 11.4 Å². The van der Waals surface area contributed by atoms with Gasteiger partial charge in [0, 0.05) is 23.7 Å². The van der Waals surface area contributed by atoms with E-state index in [1.165, 1.54) is 0 Å². The molecule has 0 saturated heterocycles. The molecule has 0 saturated carbocycles. The van der Waals surface area contributed by atoms with E-state index in [-0.39, 0.29) is 17.8 Å². The first-order valence-electron chi connectivity index (χ1n) is 8.24. The molecule has 0 unspecified atom stereocenters. The number of H-pyrrole nitrogens is 2. The summed E-state index contributed by atoms with van der Waals surface area (Å²) in [5.41, 5.74) is 3.88. The second kappa shape index (κ2) is 6.50. The van der Waals surface area contributed by atoms with Crippen molar-refractivity contribution in [2.24, 2.45) is 0 Å². The van der Waals surface area contributed by atoms with Gasteiger partial charge in [-0.05, 0) is 26.8 Å². The third kappa shape index (κ3) is 3.17. The van der Waals surface area contributed by atoms with E-state index >= 15 is 0 Å². The number of hydrogen-bond acceptors (Lipinski definition) is 5. The van der Waals surface area contributed by atoms with Gasteiger partial charge in [0.25, 0.3) is 5.91 Å². The number of nitrogens with one attached hydrogen (secondary N) is 3. The number of aryl methyl sites for hydroxylation is 2. The van der Waals surface area contributed by atoms with Crippen LogP contribution < -0.4 is 5.32 Å². The molecule has 0 aromatic carbocycles. The van der Waals surface area contributed by atoms with Crippen LogP contribution in [0.15, 0.2) is 6.07 Å². The third-order valence-electron chi connectivity index (χ3n) is 4.03. The van der Waals surface area contributed by atoms with Crippen molar-refractivity contribution in [3.63, 3.8) is 0 Å². The summed E-state index contributed by atoms with van der Waals surface area (Å²) in [6, 6.07) is 1.71. The molecule has 0 atom stereocenters. The number of rotatable bonds is 5. The number of carbonyl (C=O) groups is 1. The van der Waals surface area contributed by atoms with Crippen LogP contribution in [-0.4, -0.2) is 41.1 Å². The van der Waals surface area contributed by atoms with Gasteiger partial charge in [0.05, 0.1) is 11.4 Å². The Bertz CT molecular complexity index is 901. The van der Waals surface area contributed by atoms with Crippen molar-refractivity contribution in [2.75, 3.05) is 5.32 Å². The minimum Gasteiger partial charge on any atom is -0.288 e. The van der Waals surface area contributed by atoms with E-state index in [1.54, 1.807) is 6.07 Å². The summed E-state index contributed by atoms with van der Waals surface area (Å²) in [6.45, 7) is 10.7. The van der Waals surface area contributed by atoms with Crippen LogP contribution in [0.4, 0.5) is 5.95 Å². The van der Waals surface area contributed by atoms with E-state index in [0.717, 1.165) is 29.3 Å². The number of carbonyl (C=O) groups excluding carboxylic acids is 1. The molecule has 3 rings (SSSR count). The van der Waals surface area contributed by atoms with E-state index < -0.39 is 0 Å². The zero-order valence-corrected chi connectivity index (χ0v) is 15.0. The molecule has 0 bridgehead atoms. The highest BCUT2D eigenvalue weighted by atomic mass is 16.2. The number of amides is 1. The zero-order chi connectivity index (χ0) is 18.1. The fraction of sp³-hybridized carbons (Fsp3) is 0.438. The van der Waals surface area contributed by atoms with E-state index in [2.05, 4.69) is 35.8 Å². The topological polar surface area (TPSA) is 117 Å². The average Bonchev–Trinajstić information content (AvgIpc) is 3.26. The molecule has 9 heteroatoms. The van der Waals surface area contributed by atoms with Gasteiger partial charge >= 0.3 is 0 Å². The molecule has 3 aromatic rings. The van der Waals surface area contributed by atoms with Gasteiger partial charge in [-0.1, -0.05) is 13.8 Å². The van der Waals surface area contributed by atoms with Crippen LogP contribution in [0.1, 0.15) is 54.4 Å². The van der Waals surface area contributed by atoms with Crippen molar-refractivity contribution in [2.45, 2.75) is 47.1 Å². The number of anilines is 1. The number of nitrogens with zero attached hydrogens (tertiary/aromatic N) is 5. The van der Waals surface area contributed by atoms with Crippen molar-refractivity contribution in [3.8, 4) is 11.3 Å². The molecule has 3 heterocycles. The zero-order valence-electron chi connectivity index (χ0n) is 15.0. The van der Waals surface area contributed by atoms with Crippen molar-refractivity contribution >= 4 is 11.9 Å². The average molecular weight is 342 g/mol. The Labute approximate surface area is 145 Å². The molecule has 1 amide bonds. The Morgan fingerprint density at radius 1 is 1.28 bits per heavy atom. The highest BCUT2D eigenvalue weighted by Crippen LogP contribution is 2.25. The molecule has 25 heavy (non-hydrogen) atoms. The summed E-state index contributed by atoms with van der Waals surface area (Å²) in [5, 5.41) is 21.0. The normalized spacial score (nSPS) is 11.3. The van der Waals surface area contributed by atoms with Gasteiger partial charge < -0.3 is 0 Å². The van der Waals surface area contributed by atoms with Crippen molar-refractivity contribution in [1.82, 2.24) is 35.2 Å². The molecular weight excluding hydrogens is 320 g/mol. The first kappa shape index (κ1) is 16.9. The van der Waals surface area contributed by atoms with Crippen LogP contribution in [0, 0.1) is 13.8 Å². The Balaban J connectivity index is 1.81. The van der Waals surface area contributed by atoms with Crippen LogP contribution in [-0.2, 0) is 6.54 Å². The molecule has 0 aliphatic rings. The lowest BCUT2D eigenvalue weighted by atomic mass is 10.1. The molecule has 0 radical (unpaired) electrons. The van der Waals surface area contributed by atoms with Gasteiger partial charge in [-0.15, -0.1) is 5.10 Å². The lowest BCUT2D eigenvalue weighted by molar-refractivity contribution is 0.102. The van der Waals surface area contributed by atoms with Crippen LogP contribution in [0.3, 0.4) is 0 Å². The largest absolute Gasteiger partial charge is 0.288 e. The van der Waals surface area contributed by atoms with E-state index in [9.17, 15) is 4.79 Å². The summed E-state index contributed by atoms with van der Waals surface area (Å²) >= 11 is 0. The van der Waals surface area contributed by atoms with Crippen molar-refractivity contribution in [3.05, 3.63) is 29.0 Å². The van der Waals surface area contributed by atoms with Gasteiger partial charge in [-0.3, -0.25) is 25.0 Å². The maximum atomic E-state index is 12.4. The van der Waals surface area contributed by atoms with Gasteiger partial charge in [0.2, 0.25) is 5.95 Å². The third-order valence-corrected chi connectivity index (χ3v) is 4.03. The Morgan fingerprint density at radius 3 is 2.64 bits per heavy atom. The highest BCUT2D eigenvalue weighted by molar-refractivity contribution is 6.02. The Morgan fingerprint density at radius 2 is 2.04 bits per heavy atom. The SMILES string of the molecule is CCn1nc(C)c(-c2cc(C(=O)Nc3n[nH]c(C(C)C)n3)[nH]n2)c1C. The Hall–Kier alpha value is -2.97. The van der Waals surface area contributed by atoms with Crippen LogP contribution >= 0.6 is 0 Å².